The van der Waals surface area contributed by atoms with Gasteiger partial charge in [0.2, 0.25) is 0 Å². The number of nitrogens with one attached hydrogen (secondary N) is 2. The number of nitrogens with zero attached hydrogens (tertiary/aromatic N) is 4. The number of carbonyl (C=O) groups excluding carboxylic acids is 3. The molecule has 2 aromatic rings. The van der Waals surface area contributed by atoms with Gasteiger partial charge in [0.05, 0.1) is 5.02 Å². The molecule has 0 bridgehead atoms. The third-order valence-corrected chi connectivity index (χ3v) is 7.17. The lowest BCUT2D eigenvalue weighted by Crippen LogP contribution is -2.48. The minimum atomic E-state index is -0.979. The zero-order valence-electron chi connectivity index (χ0n) is 25.4. The maximum absolute atomic E-state index is 13.9. The molecular formula is C29H39ClN6O6. The highest BCUT2D eigenvalue weighted by atomic mass is 35.5. The summed E-state index contributed by atoms with van der Waals surface area (Å²) in [7, 11) is 0. The Labute approximate surface area is 250 Å². The summed E-state index contributed by atoms with van der Waals surface area (Å²) in [6.45, 7) is 13.7. The fraction of sp³-hybridized carbons (Fsp3) is 0.586. The molecule has 12 nitrogen and oxygen atoms in total. The number of halogens is 1. The van der Waals surface area contributed by atoms with Crippen LogP contribution in [0.15, 0.2) is 17.2 Å². The Morgan fingerprint density at radius 2 is 1.60 bits per heavy atom. The van der Waals surface area contributed by atoms with Crippen LogP contribution in [0, 0.1) is 0 Å². The van der Waals surface area contributed by atoms with Gasteiger partial charge in [-0.15, -0.1) is 0 Å². The van der Waals surface area contributed by atoms with Crippen LogP contribution in [0.3, 0.4) is 0 Å². The van der Waals surface area contributed by atoms with Crippen molar-refractivity contribution >= 4 is 47.0 Å². The molecule has 3 amide bonds. The van der Waals surface area contributed by atoms with Crippen molar-refractivity contribution in [1.82, 2.24) is 19.9 Å². The molecule has 0 saturated heterocycles. The summed E-state index contributed by atoms with van der Waals surface area (Å²) in [4.78, 5) is 62.9. The fourth-order valence-electron chi connectivity index (χ4n) is 5.29. The molecule has 228 valence electrons. The van der Waals surface area contributed by atoms with Gasteiger partial charge < -0.3 is 20.1 Å². The molecule has 1 saturated carbocycles. The standard InChI is InChI=1S/C29H39ClN6O6/c1-16(2)19-21(31-15-32-22(19)35(25(39)41-27(3,4)5)26(40)42-28(6,7)8)33-18-14-17(30)20-23(37)34-29(36(20)24(18)38)12-10-9-11-13-29/h14-16H,9-13H2,1-8H3,(H,34,37)(H,31,32,33). The van der Waals surface area contributed by atoms with Crippen molar-refractivity contribution in [2.75, 3.05) is 10.2 Å². The van der Waals surface area contributed by atoms with Crippen LogP contribution >= 0.6 is 11.6 Å². The Morgan fingerprint density at radius 3 is 2.12 bits per heavy atom. The third kappa shape index (κ3) is 6.23. The van der Waals surface area contributed by atoms with Gasteiger partial charge >= 0.3 is 12.2 Å². The Balaban J connectivity index is 1.84. The van der Waals surface area contributed by atoms with E-state index in [0.29, 0.717) is 18.4 Å². The van der Waals surface area contributed by atoms with E-state index in [1.165, 1.54) is 17.0 Å². The maximum Gasteiger partial charge on any atom is 0.425 e. The molecule has 1 spiro atoms. The summed E-state index contributed by atoms with van der Waals surface area (Å²) in [6.07, 6.45) is 3.17. The first-order valence-corrected chi connectivity index (χ1v) is 14.5. The monoisotopic (exact) mass is 602 g/mol. The smallest absolute Gasteiger partial charge is 0.425 e. The number of amides is 3. The molecule has 0 aromatic carbocycles. The number of imide groups is 1. The number of hydrogen-bond donors (Lipinski definition) is 2. The van der Waals surface area contributed by atoms with Crippen molar-refractivity contribution in [2.24, 2.45) is 0 Å². The summed E-state index contributed by atoms with van der Waals surface area (Å²) in [5, 5.41) is 6.17. The largest absolute Gasteiger partial charge is 0.443 e. The van der Waals surface area contributed by atoms with Gasteiger partial charge in [-0.1, -0.05) is 31.9 Å². The van der Waals surface area contributed by atoms with Crippen molar-refractivity contribution in [3.63, 3.8) is 0 Å². The van der Waals surface area contributed by atoms with Crippen LogP contribution in [-0.2, 0) is 15.1 Å². The van der Waals surface area contributed by atoms with Gasteiger partial charge in [0.1, 0.15) is 40.4 Å². The molecule has 0 unspecified atom stereocenters. The van der Waals surface area contributed by atoms with E-state index in [-0.39, 0.29) is 39.9 Å². The first-order valence-electron chi connectivity index (χ1n) is 14.1. The lowest BCUT2D eigenvalue weighted by Gasteiger charge is -2.35. The molecule has 0 radical (unpaired) electrons. The van der Waals surface area contributed by atoms with Crippen molar-refractivity contribution in [1.29, 1.82) is 0 Å². The van der Waals surface area contributed by atoms with Crippen molar-refractivity contribution in [3.05, 3.63) is 39.0 Å². The average molecular weight is 603 g/mol. The number of carbonyl (C=O) groups is 3. The van der Waals surface area contributed by atoms with E-state index in [2.05, 4.69) is 20.6 Å². The molecule has 2 aliphatic rings. The quantitative estimate of drug-likeness (QED) is 0.418. The summed E-state index contributed by atoms with van der Waals surface area (Å²) < 4.78 is 12.5. The number of aromatic nitrogens is 3. The van der Waals surface area contributed by atoms with E-state index in [0.717, 1.165) is 24.2 Å². The molecule has 4 rings (SSSR count). The molecule has 1 fully saturated rings. The molecule has 0 atom stereocenters. The minimum absolute atomic E-state index is 0.0565. The van der Waals surface area contributed by atoms with Gasteiger partial charge in [-0.05, 0) is 79.2 Å². The van der Waals surface area contributed by atoms with E-state index < -0.39 is 34.6 Å². The Bertz CT molecular complexity index is 1440. The normalized spacial score (nSPS) is 16.2. The van der Waals surface area contributed by atoms with Crippen LogP contribution in [0.25, 0.3) is 0 Å². The summed E-state index contributed by atoms with van der Waals surface area (Å²) in [5.74, 6) is -0.602. The predicted octanol–water partition coefficient (Wildman–Crippen LogP) is 6.20. The number of ether oxygens (including phenoxy) is 2. The lowest BCUT2D eigenvalue weighted by molar-refractivity contribution is 0.0428. The van der Waals surface area contributed by atoms with Gasteiger partial charge in [0.15, 0.2) is 5.82 Å². The van der Waals surface area contributed by atoms with E-state index in [9.17, 15) is 19.2 Å². The molecule has 2 N–H and O–H groups in total. The molecular weight excluding hydrogens is 564 g/mol. The average Bonchev–Trinajstić information content (AvgIpc) is 3.12. The van der Waals surface area contributed by atoms with E-state index >= 15 is 0 Å². The Hall–Kier alpha value is -3.67. The van der Waals surface area contributed by atoms with Crippen LogP contribution in [-0.4, -0.2) is 43.8 Å². The second kappa shape index (κ2) is 11.2. The molecule has 13 heteroatoms. The van der Waals surface area contributed by atoms with Crippen molar-refractivity contribution in [3.8, 4) is 0 Å². The molecule has 1 aliphatic carbocycles. The Morgan fingerprint density at radius 1 is 1.02 bits per heavy atom. The number of pyridine rings is 1. The second-order valence-electron chi connectivity index (χ2n) is 13.0. The number of hydrogen-bond acceptors (Lipinski definition) is 9. The molecule has 2 aromatic heterocycles. The zero-order valence-corrected chi connectivity index (χ0v) is 26.1. The fourth-order valence-corrected chi connectivity index (χ4v) is 5.57. The Kier molecular flexibility index (Phi) is 8.34. The van der Waals surface area contributed by atoms with Crippen LogP contribution in [0.1, 0.15) is 109 Å². The van der Waals surface area contributed by atoms with Gasteiger partial charge in [-0.2, -0.15) is 4.90 Å². The number of fused-ring (bicyclic) bond motifs is 2. The molecule has 42 heavy (non-hydrogen) atoms. The first kappa shape index (κ1) is 31.3. The molecule has 3 heterocycles. The van der Waals surface area contributed by atoms with E-state index in [1.807, 2.05) is 13.8 Å². The second-order valence-corrected chi connectivity index (χ2v) is 13.4. The summed E-state index contributed by atoms with van der Waals surface area (Å²) in [6, 6.07) is 1.39. The van der Waals surface area contributed by atoms with Gasteiger partial charge in [-0.3, -0.25) is 14.2 Å². The van der Waals surface area contributed by atoms with Crippen LogP contribution in [0.4, 0.5) is 26.9 Å². The summed E-state index contributed by atoms with van der Waals surface area (Å²) >= 11 is 6.58. The maximum atomic E-state index is 13.9. The number of anilines is 3. The lowest BCUT2D eigenvalue weighted by atomic mass is 9.89. The first-order chi connectivity index (χ1) is 19.4. The van der Waals surface area contributed by atoms with Gasteiger partial charge in [0, 0.05) is 5.56 Å². The van der Waals surface area contributed by atoms with Gasteiger partial charge in [-0.25, -0.2) is 19.6 Å². The topological polar surface area (TPSA) is 145 Å². The third-order valence-electron chi connectivity index (χ3n) is 6.88. The summed E-state index contributed by atoms with van der Waals surface area (Å²) in [5.41, 5.74) is -2.55. The highest BCUT2D eigenvalue weighted by Gasteiger charge is 2.46. The van der Waals surface area contributed by atoms with Gasteiger partial charge in [0.25, 0.3) is 11.5 Å². The van der Waals surface area contributed by atoms with Crippen LogP contribution in [0.2, 0.25) is 5.02 Å². The van der Waals surface area contributed by atoms with Crippen molar-refractivity contribution in [2.45, 2.75) is 110 Å². The molecule has 1 aliphatic heterocycles. The highest BCUT2D eigenvalue weighted by Crippen LogP contribution is 2.39. The minimum Gasteiger partial charge on any atom is -0.443 e. The highest BCUT2D eigenvalue weighted by molar-refractivity contribution is 6.34. The van der Waals surface area contributed by atoms with E-state index in [1.54, 1.807) is 41.5 Å². The van der Waals surface area contributed by atoms with E-state index in [4.69, 9.17) is 21.1 Å². The van der Waals surface area contributed by atoms with Crippen LogP contribution in [0.5, 0.6) is 0 Å². The SMILES string of the molecule is CC(C)c1c(Nc2cc(Cl)c3n(c2=O)C2(CCCCC2)NC3=O)ncnc1N(C(=O)OC(C)(C)C)C(=O)OC(C)(C)C. The predicted molar refractivity (Wildman–Crippen MR) is 159 cm³/mol. The zero-order chi connectivity index (χ0) is 31.2. The number of rotatable bonds is 4. The van der Waals surface area contributed by atoms with Crippen LogP contribution < -0.4 is 21.1 Å². The van der Waals surface area contributed by atoms with Crippen molar-refractivity contribution < 1.29 is 23.9 Å².